The van der Waals surface area contributed by atoms with Gasteiger partial charge in [0.15, 0.2) is 5.76 Å². The Morgan fingerprint density at radius 3 is 2.71 bits per heavy atom. The van der Waals surface area contributed by atoms with Gasteiger partial charge in [-0.15, -0.1) is 0 Å². The summed E-state index contributed by atoms with van der Waals surface area (Å²) in [6.07, 6.45) is 2.64. The number of carbonyl (C=O) groups is 1. The zero-order chi connectivity index (χ0) is 24.3. The third kappa shape index (κ3) is 5.98. The summed E-state index contributed by atoms with van der Waals surface area (Å²) < 4.78 is 30.4. The highest BCUT2D eigenvalue weighted by Crippen LogP contribution is 2.26. The van der Waals surface area contributed by atoms with Crippen LogP contribution in [0.2, 0.25) is 5.02 Å². The van der Waals surface area contributed by atoms with Crippen LogP contribution in [-0.2, 0) is 18.6 Å². The second-order valence-corrected chi connectivity index (χ2v) is 9.83. The zero-order valence-corrected chi connectivity index (χ0v) is 20.4. The number of nitrogens with zero attached hydrogens (tertiary/aromatic N) is 3. The van der Waals surface area contributed by atoms with Crippen molar-refractivity contribution >= 4 is 17.5 Å². The predicted octanol–water partition coefficient (Wildman–Crippen LogP) is 5.28. The van der Waals surface area contributed by atoms with E-state index in [1.165, 1.54) is 18.2 Å². The number of furan rings is 1. The van der Waals surface area contributed by atoms with Crippen molar-refractivity contribution in [2.75, 3.05) is 26.2 Å². The van der Waals surface area contributed by atoms with Crippen molar-refractivity contribution in [1.29, 1.82) is 0 Å². The van der Waals surface area contributed by atoms with Crippen LogP contribution in [0.5, 0.6) is 5.75 Å². The molecule has 1 aliphatic rings. The Morgan fingerprint density at radius 1 is 1.15 bits per heavy atom. The molecule has 4 rings (SSSR count). The van der Waals surface area contributed by atoms with Crippen molar-refractivity contribution in [1.82, 2.24) is 14.8 Å². The lowest BCUT2D eigenvalue weighted by Crippen LogP contribution is -2.35. The first-order valence-electron chi connectivity index (χ1n) is 11.3. The molecule has 1 amide bonds. The van der Waals surface area contributed by atoms with E-state index in [1.807, 2.05) is 0 Å². The number of hydrogen-bond donors (Lipinski definition) is 0. The highest BCUT2D eigenvalue weighted by Gasteiger charge is 2.24. The Kier molecular flexibility index (Phi) is 7.28. The number of hydrogen-bond acceptors (Lipinski definition) is 6. The number of aromatic nitrogens is 1. The molecule has 0 spiro atoms. The summed E-state index contributed by atoms with van der Waals surface area (Å²) in [7, 11) is 0. The molecule has 2 aromatic heterocycles. The molecule has 0 saturated carbocycles. The van der Waals surface area contributed by atoms with Gasteiger partial charge in [0.2, 0.25) is 5.89 Å². The van der Waals surface area contributed by atoms with Gasteiger partial charge in [0.25, 0.3) is 5.91 Å². The van der Waals surface area contributed by atoms with Gasteiger partial charge in [-0.25, -0.2) is 9.37 Å². The van der Waals surface area contributed by atoms with Crippen molar-refractivity contribution in [2.24, 2.45) is 0 Å². The van der Waals surface area contributed by atoms with Gasteiger partial charge in [-0.05, 0) is 36.8 Å². The van der Waals surface area contributed by atoms with Crippen LogP contribution in [0.3, 0.4) is 0 Å². The van der Waals surface area contributed by atoms with Gasteiger partial charge in [0, 0.05) is 31.6 Å². The second kappa shape index (κ2) is 10.2. The lowest BCUT2D eigenvalue weighted by atomic mass is 9.94. The molecule has 34 heavy (non-hydrogen) atoms. The first kappa shape index (κ1) is 24.3. The summed E-state index contributed by atoms with van der Waals surface area (Å²) in [5.41, 5.74) is -0.0779. The van der Waals surface area contributed by atoms with Crippen LogP contribution in [0, 0.1) is 5.82 Å². The molecule has 3 heterocycles. The van der Waals surface area contributed by atoms with E-state index in [0.29, 0.717) is 37.0 Å². The van der Waals surface area contributed by atoms with E-state index < -0.39 is 5.82 Å². The molecule has 1 aliphatic heterocycles. The van der Waals surface area contributed by atoms with E-state index in [9.17, 15) is 9.18 Å². The highest BCUT2D eigenvalue weighted by molar-refractivity contribution is 6.32. The van der Waals surface area contributed by atoms with E-state index in [2.05, 4.69) is 30.7 Å². The minimum atomic E-state index is -0.436. The topological polar surface area (TPSA) is 72.0 Å². The fourth-order valence-corrected chi connectivity index (χ4v) is 3.94. The molecule has 1 fully saturated rings. The van der Waals surface area contributed by atoms with Gasteiger partial charge in [-0.1, -0.05) is 32.4 Å². The molecule has 0 atom stereocenters. The Bertz CT molecular complexity index is 1140. The van der Waals surface area contributed by atoms with Crippen molar-refractivity contribution in [3.05, 3.63) is 70.5 Å². The number of halogens is 2. The Hall–Kier alpha value is -2.84. The standard InChI is InChI=1S/C25H29ClFN3O4/c1-25(2,3)22-14-28-23(34-22)15-29-9-4-10-30(12-11-29)24(31)21-8-6-18(33-21)16-32-20-7-5-17(27)13-19(20)26/h5-8,13-14H,4,9-12,15-16H2,1-3H3. The molecule has 0 bridgehead atoms. The van der Waals surface area contributed by atoms with Crippen LogP contribution in [0.15, 0.2) is 45.4 Å². The van der Waals surface area contributed by atoms with E-state index in [-0.39, 0.29) is 28.7 Å². The molecule has 182 valence electrons. The molecule has 0 aliphatic carbocycles. The average Bonchev–Trinajstić information content (AvgIpc) is 3.38. The summed E-state index contributed by atoms with van der Waals surface area (Å²) in [6.45, 7) is 9.79. The number of rotatable bonds is 6. The van der Waals surface area contributed by atoms with Crippen LogP contribution in [0.1, 0.15) is 55.2 Å². The molecule has 0 unspecified atom stereocenters. The van der Waals surface area contributed by atoms with Gasteiger partial charge in [-0.3, -0.25) is 9.69 Å². The minimum absolute atomic E-state index is 0.0779. The molecule has 1 saturated heterocycles. The quantitative estimate of drug-likeness (QED) is 0.469. The molecule has 1 aromatic carbocycles. The summed E-state index contributed by atoms with van der Waals surface area (Å²) in [6, 6.07) is 7.26. The lowest BCUT2D eigenvalue weighted by molar-refractivity contribution is 0.0724. The number of oxazole rings is 1. The third-order valence-electron chi connectivity index (χ3n) is 5.66. The van der Waals surface area contributed by atoms with Crippen LogP contribution in [0.25, 0.3) is 0 Å². The summed E-state index contributed by atoms with van der Waals surface area (Å²) in [5.74, 6) is 2.07. The maximum atomic E-state index is 13.2. The first-order valence-corrected chi connectivity index (χ1v) is 11.7. The molecule has 9 heteroatoms. The highest BCUT2D eigenvalue weighted by atomic mass is 35.5. The molecule has 3 aromatic rings. The van der Waals surface area contributed by atoms with Crippen molar-refractivity contribution in [3.8, 4) is 5.75 Å². The second-order valence-electron chi connectivity index (χ2n) is 9.42. The van der Waals surface area contributed by atoms with E-state index in [0.717, 1.165) is 25.3 Å². The summed E-state index contributed by atoms with van der Waals surface area (Å²) in [4.78, 5) is 21.5. The Balaban J connectivity index is 1.30. The number of benzene rings is 1. The largest absolute Gasteiger partial charge is 0.484 e. The predicted molar refractivity (Wildman–Crippen MR) is 125 cm³/mol. The number of amides is 1. The Labute approximate surface area is 203 Å². The third-order valence-corrected chi connectivity index (χ3v) is 5.96. The number of ether oxygens (including phenoxy) is 1. The van der Waals surface area contributed by atoms with Gasteiger partial charge in [0.05, 0.1) is 17.8 Å². The number of carbonyl (C=O) groups excluding carboxylic acids is 1. The first-order chi connectivity index (χ1) is 16.2. The molecule has 0 N–H and O–H groups in total. The lowest BCUT2D eigenvalue weighted by Gasteiger charge is -2.20. The Morgan fingerprint density at radius 2 is 1.97 bits per heavy atom. The fraction of sp³-hybridized carbons (Fsp3) is 0.440. The van der Waals surface area contributed by atoms with Gasteiger partial charge >= 0.3 is 0 Å². The van der Waals surface area contributed by atoms with E-state index in [4.69, 9.17) is 25.2 Å². The fourth-order valence-electron chi connectivity index (χ4n) is 3.72. The normalized spacial score (nSPS) is 15.4. The zero-order valence-electron chi connectivity index (χ0n) is 19.6. The molecular weight excluding hydrogens is 461 g/mol. The van der Waals surface area contributed by atoms with Crippen LogP contribution in [-0.4, -0.2) is 46.9 Å². The van der Waals surface area contributed by atoms with Crippen molar-refractivity contribution in [3.63, 3.8) is 0 Å². The maximum Gasteiger partial charge on any atom is 0.289 e. The molecular formula is C25H29ClFN3O4. The summed E-state index contributed by atoms with van der Waals surface area (Å²) >= 11 is 5.98. The monoisotopic (exact) mass is 489 g/mol. The van der Waals surface area contributed by atoms with E-state index >= 15 is 0 Å². The van der Waals surface area contributed by atoms with Gasteiger partial charge in [0.1, 0.15) is 29.7 Å². The van der Waals surface area contributed by atoms with Crippen LogP contribution >= 0.6 is 11.6 Å². The molecule has 7 nitrogen and oxygen atoms in total. The molecule has 0 radical (unpaired) electrons. The minimum Gasteiger partial charge on any atom is -0.484 e. The van der Waals surface area contributed by atoms with Crippen LogP contribution in [0.4, 0.5) is 4.39 Å². The van der Waals surface area contributed by atoms with Gasteiger partial charge < -0.3 is 18.5 Å². The SMILES string of the molecule is CC(C)(C)c1cnc(CN2CCCN(C(=O)c3ccc(COc4ccc(F)cc4Cl)o3)CC2)o1. The van der Waals surface area contributed by atoms with Gasteiger partial charge in [-0.2, -0.15) is 0 Å². The average molecular weight is 490 g/mol. The van der Waals surface area contributed by atoms with Crippen LogP contribution < -0.4 is 4.74 Å². The van der Waals surface area contributed by atoms with E-state index in [1.54, 1.807) is 23.2 Å². The van der Waals surface area contributed by atoms with Crippen molar-refractivity contribution in [2.45, 2.75) is 45.8 Å². The summed E-state index contributed by atoms with van der Waals surface area (Å²) in [5, 5.41) is 0.177. The smallest absolute Gasteiger partial charge is 0.289 e. The maximum absolute atomic E-state index is 13.2. The van der Waals surface area contributed by atoms with Crippen molar-refractivity contribution < 1.29 is 22.8 Å².